The second kappa shape index (κ2) is 8.52. The number of hydrogen-bond acceptors (Lipinski definition) is 6. The van der Waals surface area contributed by atoms with Gasteiger partial charge in [0.15, 0.2) is 0 Å². The minimum absolute atomic E-state index is 0.0545. The first kappa shape index (κ1) is 20.0. The number of thioether (sulfide) groups is 1. The maximum absolute atomic E-state index is 12.8. The van der Waals surface area contributed by atoms with Crippen molar-refractivity contribution < 1.29 is 9.59 Å². The molecule has 0 radical (unpaired) electrons. The number of amides is 2. The molecule has 1 N–H and O–H groups in total. The van der Waals surface area contributed by atoms with E-state index in [1.54, 1.807) is 0 Å². The lowest BCUT2D eigenvalue weighted by Crippen LogP contribution is -2.54. The molecule has 0 unspecified atom stereocenters. The van der Waals surface area contributed by atoms with Gasteiger partial charge in [-0.25, -0.2) is 5.01 Å². The second-order valence-electron chi connectivity index (χ2n) is 6.90. The molecule has 2 fully saturated rings. The molecule has 1 aromatic rings. The summed E-state index contributed by atoms with van der Waals surface area (Å²) in [6.07, 6.45) is 1.88. The molecule has 0 atom stereocenters. The van der Waals surface area contributed by atoms with E-state index in [0.29, 0.717) is 9.23 Å². The summed E-state index contributed by atoms with van der Waals surface area (Å²) in [6, 6.07) is 6.03. The molecular weight excluding hydrogens is 380 g/mol. The quantitative estimate of drug-likeness (QED) is 0.610. The Morgan fingerprint density at radius 3 is 2.48 bits per heavy atom. The summed E-state index contributed by atoms with van der Waals surface area (Å²) in [6.45, 7) is 7.33. The first-order valence-corrected chi connectivity index (χ1v) is 10.1. The molecule has 2 aliphatic rings. The highest BCUT2D eigenvalue weighted by molar-refractivity contribution is 8.26. The summed E-state index contributed by atoms with van der Waals surface area (Å²) in [4.78, 5) is 29.3. The van der Waals surface area contributed by atoms with E-state index in [4.69, 9.17) is 12.2 Å². The van der Waals surface area contributed by atoms with Crippen molar-refractivity contribution in [2.75, 3.05) is 39.8 Å². The highest BCUT2D eigenvalue weighted by Gasteiger charge is 2.34. The number of aryl methyl sites for hydroxylation is 2. The van der Waals surface area contributed by atoms with Crippen LogP contribution in [0.25, 0.3) is 6.08 Å². The second-order valence-corrected chi connectivity index (χ2v) is 8.57. The van der Waals surface area contributed by atoms with Gasteiger partial charge >= 0.3 is 0 Å². The van der Waals surface area contributed by atoms with Crippen molar-refractivity contribution in [1.82, 2.24) is 20.2 Å². The molecule has 2 amide bonds. The molecule has 2 saturated heterocycles. The van der Waals surface area contributed by atoms with Gasteiger partial charge in [-0.05, 0) is 43.7 Å². The topological polar surface area (TPSA) is 55.9 Å². The van der Waals surface area contributed by atoms with Crippen molar-refractivity contribution in [3.8, 4) is 0 Å². The van der Waals surface area contributed by atoms with Crippen LogP contribution in [0.5, 0.6) is 0 Å². The van der Waals surface area contributed by atoms with Crippen LogP contribution >= 0.6 is 24.0 Å². The van der Waals surface area contributed by atoms with Gasteiger partial charge in [-0.1, -0.05) is 42.2 Å². The average molecular weight is 405 g/mol. The summed E-state index contributed by atoms with van der Waals surface area (Å²) in [5, 5.41) is 1.90. The van der Waals surface area contributed by atoms with Crippen LogP contribution in [-0.2, 0) is 9.59 Å². The zero-order chi connectivity index (χ0) is 19.6. The number of thiocarbonyl (C=S) groups is 1. The zero-order valence-corrected chi connectivity index (χ0v) is 17.5. The molecule has 2 heterocycles. The highest BCUT2D eigenvalue weighted by Crippen LogP contribution is 2.33. The summed E-state index contributed by atoms with van der Waals surface area (Å²) in [5.41, 5.74) is 6.11. The maximum atomic E-state index is 12.8. The Hall–Kier alpha value is -1.74. The Balaban J connectivity index is 1.66. The zero-order valence-electron chi connectivity index (χ0n) is 15.8. The van der Waals surface area contributed by atoms with Crippen LogP contribution < -0.4 is 5.43 Å². The van der Waals surface area contributed by atoms with Crippen molar-refractivity contribution in [3.05, 3.63) is 39.8 Å². The molecular formula is C19H24N4O2S2. The van der Waals surface area contributed by atoms with Gasteiger partial charge in [-0.15, -0.1) is 0 Å². The third-order valence-corrected chi connectivity index (χ3v) is 6.16. The predicted molar refractivity (Wildman–Crippen MR) is 113 cm³/mol. The number of nitrogens with one attached hydrogen (secondary N) is 1. The van der Waals surface area contributed by atoms with Crippen molar-refractivity contribution in [2.24, 2.45) is 0 Å². The Bertz CT molecular complexity index is 781. The number of carbonyl (C=O) groups excluding carboxylic acids is 2. The maximum Gasteiger partial charge on any atom is 0.266 e. The molecule has 0 aromatic heterocycles. The monoisotopic (exact) mass is 404 g/mol. The van der Waals surface area contributed by atoms with Crippen LogP contribution in [0.15, 0.2) is 23.1 Å². The van der Waals surface area contributed by atoms with E-state index >= 15 is 0 Å². The average Bonchev–Trinajstić information content (AvgIpc) is 2.88. The number of hydrazine groups is 1. The minimum atomic E-state index is -0.218. The van der Waals surface area contributed by atoms with Crippen LogP contribution in [-0.4, -0.2) is 70.7 Å². The number of rotatable bonds is 4. The summed E-state index contributed by atoms with van der Waals surface area (Å²) < 4.78 is 0.422. The number of hydrogen-bond donors (Lipinski definition) is 1. The molecule has 1 aromatic carbocycles. The van der Waals surface area contributed by atoms with E-state index in [1.165, 1.54) is 16.7 Å². The van der Waals surface area contributed by atoms with E-state index in [9.17, 15) is 9.59 Å². The Morgan fingerprint density at radius 2 is 1.85 bits per heavy atom. The van der Waals surface area contributed by atoms with Crippen molar-refractivity contribution in [2.45, 2.75) is 13.8 Å². The van der Waals surface area contributed by atoms with Gasteiger partial charge in [0.05, 0.1) is 4.91 Å². The van der Waals surface area contributed by atoms with Gasteiger partial charge in [0.25, 0.3) is 11.8 Å². The normalized spacial score (nSPS) is 20.6. The smallest absolute Gasteiger partial charge is 0.266 e. The number of nitrogens with zero attached hydrogens (tertiary/aromatic N) is 3. The molecule has 0 aliphatic carbocycles. The fourth-order valence-electron chi connectivity index (χ4n) is 3.10. The van der Waals surface area contributed by atoms with Crippen molar-refractivity contribution >= 4 is 46.2 Å². The highest BCUT2D eigenvalue weighted by atomic mass is 32.2. The van der Waals surface area contributed by atoms with E-state index < -0.39 is 0 Å². The summed E-state index contributed by atoms with van der Waals surface area (Å²) >= 11 is 6.59. The lowest BCUT2D eigenvalue weighted by Gasteiger charge is -2.32. The number of piperazine rings is 1. The summed E-state index contributed by atoms with van der Waals surface area (Å²) in [5.74, 6) is -0.426. The van der Waals surface area contributed by atoms with Crippen molar-refractivity contribution in [3.63, 3.8) is 0 Å². The molecule has 2 aliphatic heterocycles. The van der Waals surface area contributed by atoms with E-state index in [-0.39, 0.29) is 18.4 Å². The predicted octanol–water partition coefficient (Wildman–Crippen LogP) is 1.78. The molecule has 6 nitrogen and oxygen atoms in total. The van der Waals surface area contributed by atoms with Crippen LogP contribution in [0.2, 0.25) is 0 Å². The van der Waals surface area contributed by atoms with Crippen molar-refractivity contribution in [1.29, 1.82) is 0 Å². The number of carbonyl (C=O) groups is 2. The van der Waals surface area contributed by atoms with E-state index in [1.807, 2.05) is 43.1 Å². The summed E-state index contributed by atoms with van der Waals surface area (Å²) in [7, 11) is 2.06. The molecule has 0 spiro atoms. The Morgan fingerprint density at radius 1 is 1.22 bits per heavy atom. The lowest BCUT2D eigenvalue weighted by molar-refractivity contribution is -0.132. The first-order chi connectivity index (χ1) is 12.8. The molecule has 0 bridgehead atoms. The Labute approximate surface area is 169 Å². The van der Waals surface area contributed by atoms with E-state index in [0.717, 1.165) is 42.9 Å². The Kier molecular flexibility index (Phi) is 6.31. The standard InChI is InChI=1S/C19H24N4O2S2/c1-13-5-4-6-14(2)15(13)11-16-18(25)23(19(26)27-16)12-17(24)20-22-9-7-21(3)8-10-22/h4-6,11H,7-10,12H2,1-3H3,(H,20,24)/b16-11-. The van der Waals surface area contributed by atoms with E-state index in [2.05, 4.69) is 17.4 Å². The molecule has 144 valence electrons. The lowest BCUT2D eigenvalue weighted by atomic mass is 10.0. The molecule has 8 heteroatoms. The third kappa shape index (κ3) is 4.76. The first-order valence-electron chi connectivity index (χ1n) is 8.89. The number of likely N-dealkylation sites (N-methyl/N-ethyl adjacent to an activating group) is 1. The minimum Gasteiger partial charge on any atom is -0.304 e. The molecule has 27 heavy (non-hydrogen) atoms. The van der Waals surface area contributed by atoms with Crippen LogP contribution in [0, 0.1) is 13.8 Å². The van der Waals surface area contributed by atoms with Crippen LogP contribution in [0.3, 0.4) is 0 Å². The van der Waals surface area contributed by atoms with Gasteiger partial charge in [0.1, 0.15) is 10.9 Å². The fraction of sp³-hybridized carbons (Fsp3) is 0.421. The number of benzene rings is 1. The largest absolute Gasteiger partial charge is 0.304 e. The third-order valence-electron chi connectivity index (χ3n) is 4.78. The van der Waals surface area contributed by atoms with Crippen LogP contribution in [0.1, 0.15) is 16.7 Å². The van der Waals surface area contributed by atoms with Gasteiger partial charge < -0.3 is 4.90 Å². The van der Waals surface area contributed by atoms with Gasteiger partial charge in [-0.3, -0.25) is 19.9 Å². The SMILES string of the molecule is Cc1cccc(C)c1/C=C1\SC(=S)N(CC(=O)NN2CCN(C)CC2)C1=O. The molecule has 3 rings (SSSR count). The fourth-order valence-corrected chi connectivity index (χ4v) is 4.33. The van der Waals surface area contributed by atoms with Gasteiger partial charge in [0, 0.05) is 26.2 Å². The molecule has 0 saturated carbocycles. The van der Waals surface area contributed by atoms with Gasteiger partial charge in [-0.2, -0.15) is 0 Å². The van der Waals surface area contributed by atoms with Gasteiger partial charge in [0.2, 0.25) is 0 Å². The van der Waals surface area contributed by atoms with Crippen LogP contribution in [0.4, 0.5) is 0 Å².